The first-order chi connectivity index (χ1) is 14.1. The number of aromatic nitrogens is 3. The van der Waals surface area contributed by atoms with E-state index in [1.807, 2.05) is 25.1 Å². The predicted molar refractivity (Wildman–Crippen MR) is 110 cm³/mol. The van der Waals surface area contributed by atoms with E-state index >= 15 is 0 Å². The van der Waals surface area contributed by atoms with Crippen molar-refractivity contribution in [1.29, 1.82) is 0 Å². The Morgan fingerprint density at radius 1 is 1.17 bits per heavy atom. The Kier molecular flexibility index (Phi) is 5.71. The third-order valence-electron chi connectivity index (χ3n) is 5.07. The van der Waals surface area contributed by atoms with Crippen LogP contribution in [-0.4, -0.2) is 34.4 Å². The molecule has 2 heterocycles. The summed E-state index contributed by atoms with van der Waals surface area (Å²) in [4.78, 5) is 4.17. The van der Waals surface area contributed by atoms with Crippen LogP contribution in [0.4, 0.5) is 26.1 Å². The molecule has 0 radical (unpaired) electrons. The van der Waals surface area contributed by atoms with Crippen LogP contribution in [0, 0.1) is 24.5 Å². The second kappa shape index (κ2) is 8.57. The monoisotopic (exact) mass is 398 g/mol. The quantitative estimate of drug-likeness (QED) is 0.586. The van der Waals surface area contributed by atoms with E-state index in [0.29, 0.717) is 11.9 Å². The van der Waals surface area contributed by atoms with Gasteiger partial charge in [-0.15, -0.1) is 5.10 Å². The number of benzene rings is 2. The standard InChI is InChI=1S/C21H24F2N6/c1-14-7-18(4-5-20(14)25-12-15-3-2-6-24-11-15)27-21-26-13-29(28-21)19-9-16(22)8-17(23)10-19/h4-5,7-10,13,15,24-25H,2-3,6,11-12H2,1H3,(H,27,28). The lowest BCUT2D eigenvalue weighted by molar-refractivity contribution is 0.393. The number of anilines is 3. The van der Waals surface area contributed by atoms with Gasteiger partial charge in [0.25, 0.3) is 0 Å². The smallest absolute Gasteiger partial charge is 0.246 e. The van der Waals surface area contributed by atoms with Crippen LogP contribution in [0.15, 0.2) is 42.7 Å². The fourth-order valence-electron chi connectivity index (χ4n) is 3.54. The molecule has 0 amide bonds. The van der Waals surface area contributed by atoms with Crippen molar-refractivity contribution >= 4 is 17.3 Å². The first-order valence-electron chi connectivity index (χ1n) is 9.77. The molecule has 1 fully saturated rings. The van der Waals surface area contributed by atoms with Crippen molar-refractivity contribution in [3.8, 4) is 5.69 Å². The molecule has 1 atom stereocenters. The SMILES string of the molecule is Cc1cc(Nc2ncn(-c3cc(F)cc(F)c3)n2)ccc1NCC1CCCNC1. The summed E-state index contributed by atoms with van der Waals surface area (Å²) < 4.78 is 28.1. The Hall–Kier alpha value is -3.00. The van der Waals surface area contributed by atoms with E-state index in [1.165, 1.54) is 36.0 Å². The molecular weight excluding hydrogens is 374 g/mol. The van der Waals surface area contributed by atoms with Gasteiger partial charge in [0.2, 0.25) is 5.95 Å². The van der Waals surface area contributed by atoms with E-state index < -0.39 is 11.6 Å². The number of hydrogen-bond donors (Lipinski definition) is 3. The largest absolute Gasteiger partial charge is 0.385 e. The number of hydrogen-bond acceptors (Lipinski definition) is 5. The van der Waals surface area contributed by atoms with Gasteiger partial charge < -0.3 is 16.0 Å². The van der Waals surface area contributed by atoms with E-state index in [-0.39, 0.29) is 5.69 Å². The Morgan fingerprint density at radius 3 is 2.72 bits per heavy atom. The number of halogens is 2. The van der Waals surface area contributed by atoms with Gasteiger partial charge >= 0.3 is 0 Å². The summed E-state index contributed by atoms with van der Waals surface area (Å²) in [6, 6.07) is 9.23. The van der Waals surface area contributed by atoms with Gasteiger partial charge in [0, 0.05) is 24.0 Å². The molecule has 1 unspecified atom stereocenters. The van der Waals surface area contributed by atoms with E-state index in [0.717, 1.165) is 42.6 Å². The molecule has 6 nitrogen and oxygen atoms in total. The van der Waals surface area contributed by atoms with Gasteiger partial charge in [0.1, 0.15) is 18.0 Å². The Labute approximate surface area is 168 Å². The van der Waals surface area contributed by atoms with Gasteiger partial charge in [-0.2, -0.15) is 4.98 Å². The van der Waals surface area contributed by atoms with Crippen molar-refractivity contribution < 1.29 is 8.78 Å². The normalized spacial score (nSPS) is 16.6. The number of aryl methyl sites for hydroxylation is 1. The maximum Gasteiger partial charge on any atom is 0.246 e. The molecule has 1 aliphatic heterocycles. The summed E-state index contributed by atoms with van der Waals surface area (Å²) in [5.74, 6) is -0.315. The fraction of sp³-hybridized carbons (Fsp3) is 0.333. The molecular formula is C21H24F2N6. The minimum Gasteiger partial charge on any atom is -0.385 e. The minimum absolute atomic E-state index is 0.274. The van der Waals surface area contributed by atoms with Crippen LogP contribution in [0.1, 0.15) is 18.4 Å². The van der Waals surface area contributed by atoms with Gasteiger partial charge in [-0.25, -0.2) is 13.5 Å². The third-order valence-corrected chi connectivity index (χ3v) is 5.07. The van der Waals surface area contributed by atoms with Gasteiger partial charge in [-0.05, 0) is 74.7 Å². The molecule has 1 saturated heterocycles. The van der Waals surface area contributed by atoms with Crippen LogP contribution in [0.2, 0.25) is 0 Å². The van der Waals surface area contributed by atoms with Crippen molar-refractivity contribution in [2.45, 2.75) is 19.8 Å². The van der Waals surface area contributed by atoms with Crippen molar-refractivity contribution in [1.82, 2.24) is 20.1 Å². The second-order valence-corrected chi connectivity index (χ2v) is 7.39. The maximum atomic E-state index is 13.4. The molecule has 4 rings (SSSR count). The lowest BCUT2D eigenvalue weighted by atomic mass is 9.99. The van der Waals surface area contributed by atoms with Crippen LogP contribution in [0.3, 0.4) is 0 Å². The summed E-state index contributed by atoms with van der Waals surface area (Å²) in [5, 5.41) is 14.3. The molecule has 3 N–H and O–H groups in total. The summed E-state index contributed by atoms with van der Waals surface area (Å²) in [7, 11) is 0. The van der Waals surface area contributed by atoms with Crippen LogP contribution in [0.5, 0.6) is 0 Å². The lowest BCUT2D eigenvalue weighted by Gasteiger charge is -2.24. The summed E-state index contributed by atoms with van der Waals surface area (Å²) >= 11 is 0. The minimum atomic E-state index is -0.660. The summed E-state index contributed by atoms with van der Waals surface area (Å²) in [6.07, 6.45) is 3.90. The summed E-state index contributed by atoms with van der Waals surface area (Å²) in [5.41, 5.74) is 3.34. The molecule has 2 aromatic carbocycles. The predicted octanol–water partition coefficient (Wildman–Crippen LogP) is 4.01. The zero-order valence-electron chi connectivity index (χ0n) is 16.3. The van der Waals surface area contributed by atoms with Gasteiger partial charge in [-0.3, -0.25) is 0 Å². The molecule has 3 aromatic rings. The van der Waals surface area contributed by atoms with Crippen molar-refractivity contribution in [3.63, 3.8) is 0 Å². The van der Waals surface area contributed by atoms with E-state index in [9.17, 15) is 8.78 Å². The Bertz CT molecular complexity index is 961. The highest BCUT2D eigenvalue weighted by Gasteiger charge is 2.13. The zero-order chi connectivity index (χ0) is 20.2. The Balaban J connectivity index is 1.40. The van der Waals surface area contributed by atoms with Crippen LogP contribution in [-0.2, 0) is 0 Å². The average molecular weight is 398 g/mol. The third kappa shape index (κ3) is 4.89. The van der Waals surface area contributed by atoms with Crippen molar-refractivity contribution in [2.75, 3.05) is 30.3 Å². The fourth-order valence-corrected chi connectivity index (χ4v) is 3.54. The van der Waals surface area contributed by atoms with Gasteiger partial charge in [-0.1, -0.05) is 0 Å². The molecule has 0 aliphatic carbocycles. The molecule has 8 heteroatoms. The molecule has 1 aliphatic rings. The van der Waals surface area contributed by atoms with E-state index in [4.69, 9.17) is 0 Å². The van der Waals surface area contributed by atoms with Crippen molar-refractivity contribution in [3.05, 3.63) is 59.9 Å². The van der Waals surface area contributed by atoms with Gasteiger partial charge in [0.05, 0.1) is 5.69 Å². The lowest BCUT2D eigenvalue weighted by Crippen LogP contribution is -2.33. The van der Waals surface area contributed by atoms with Crippen LogP contribution < -0.4 is 16.0 Å². The molecule has 0 spiro atoms. The molecule has 152 valence electrons. The number of piperidine rings is 1. The average Bonchev–Trinajstić information content (AvgIpc) is 3.16. The second-order valence-electron chi connectivity index (χ2n) is 7.39. The van der Waals surface area contributed by atoms with Crippen LogP contribution in [0.25, 0.3) is 5.69 Å². The molecule has 0 saturated carbocycles. The number of rotatable bonds is 6. The number of nitrogens with one attached hydrogen (secondary N) is 3. The van der Waals surface area contributed by atoms with E-state index in [2.05, 4.69) is 26.0 Å². The summed E-state index contributed by atoms with van der Waals surface area (Å²) in [6.45, 7) is 5.19. The Morgan fingerprint density at radius 2 is 2.00 bits per heavy atom. The highest BCUT2D eigenvalue weighted by Crippen LogP contribution is 2.23. The highest BCUT2D eigenvalue weighted by atomic mass is 19.1. The maximum absolute atomic E-state index is 13.4. The number of nitrogens with zero attached hydrogens (tertiary/aromatic N) is 3. The first-order valence-corrected chi connectivity index (χ1v) is 9.77. The van der Waals surface area contributed by atoms with Crippen molar-refractivity contribution in [2.24, 2.45) is 5.92 Å². The van der Waals surface area contributed by atoms with Crippen LogP contribution >= 0.6 is 0 Å². The first kappa shape index (κ1) is 19.3. The van der Waals surface area contributed by atoms with Gasteiger partial charge in [0.15, 0.2) is 0 Å². The topological polar surface area (TPSA) is 66.8 Å². The zero-order valence-corrected chi connectivity index (χ0v) is 16.3. The molecule has 1 aromatic heterocycles. The highest BCUT2D eigenvalue weighted by molar-refractivity contribution is 5.62. The molecule has 0 bridgehead atoms. The molecule has 29 heavy (non-hydrogen) atoms. The van der Waals surface area contributed by atoms with E-state index in [1.54, 1.807) is 0 Å².